The second-order valence-electron chi connectivity index (χ2n) is 8.94. The van der Waals surface area contributed by atoms with Gasteiger partial charge >= 0.3 is 6.18 Å². The predicted octanol–water partition coefficient (Wildman–Crippen LogP) is 4.99. The average molecular weight is 495 g/mol. The molecule has 2 aromatic rings. The predicted molar refractivity (Wildman–Crippen MR) is 115 cm³/mol. The van der Waals surface area contributed by atoms with Crippen LogP contribution in [0.3, 0.4) is 0 Å². The van der Waals surface area contributed by atoms with E-state index in [4.69, 9.17) is 0 Å². The number of nitrogens with one attached hydrogen (secondary N) is 2. The minimum atomic E-state index is -4.75. The Labute approximate surface area is 194 Å². The Morgan fingerprint density at radius 3 is 2.09 bits per heavy atom. The summed E-state index contributed by atoms with van der Waals surface area (Å²) in [5.41, 5.74) is -2.98. The molecule has 34 heavy (non-hydrogen) atoms. The van der Waals surface area contributed by atoms with Crippen LogP contribution >= 0.6 is 0 Å². The van der Waals surface area contributed by atoms with Gasteiger partial charge in [-0.3, -0.25) is 9.52 Å². The highest BCUT2D eigenvalue weighted by molar-refractivity contribution is 7.92. The standard InChI is InChI=1S/C23H21F4N3O3S/c24-16-2-4-17(5-3-16)34(32,33)30-19-6-1-15(23(25,26)27)13-18(19)20(31)29-22-10-7-21(14-28,8-11-22)9-12-22/h1-6,13,30H,7-12H2,(H,29,31). The van der Waals surface area contributed by atoms with Crippen LogP contribution < -0.4 is 10.0 Å². The Bertz CT molecular complexity index is 1240. The lowest BCUT2D eigenvalue weighted by Gasteiger charge is -2.50. The second-order valence-corrected chi connectivity index (χ2v) is 10.6. The number of alkyl halides is 3. The highest BCUT2D eigenvalue weighted by atomic mass is 32.2. The number of halogens is 4. The highest BCUT2D eigenvalue weighted by Crippen LogP contribution is 2.52. The quantitative estimate of drug-likeness (QED) is 0.571. The SMILES string of the molecule is N#CC12CCC(NC(=O)c3cc(C(F)(F)F)ccc3NS(=O)(=O)c3ccc(F)cc3)(CC1)CC2. The van der Waals surface area contributed by atoms with Gasteiger partial charge in [-0.15, -0.1) is 0 Å². The van der Waals surface area contributed by atoms with Crippen molar-refractivity contribution in [2.75, 3.05) is 4.72 Å². The summed E-state index contributed by atoms with van der Waals surface area (Å²) in [5, 5.41) is 12.3. The number of hydrogen-bond donors (Lipinski definition) is 2. The number of benzene rings is 2. The molecular formula is C23H21F4N3O3S. The monoisotopic (exact) mass is 495 g/mol. The van der Waals surface area contributed by atoms with E-state index >= 15 is 0 Å². The molecular weight excluding hydrogens is 474 g/mol. The van der Waals surface area contributed by atoms with E-state index < -0.39 is 50.0 Å². The molecule has 3 aliphatic rings. The maximum atomic E-state index is 13.4. The van der Waals surface area contributed by atoms with Gasteiger partial charge < -0.3 is 5.32 Å². The normalized spacial score (nSPS) is 24.3. The number of sulfonamides is 1. The van der Waals surface area contributed by atoms with Crippen LogP contribution in [0.5, 0.6) is 0 Å². The van der Waals surface area contributed by atoms with Gasteiger partial charge in [-0.1, -0.05) is 0 Å². The Morgan fingerprint density at radius 2 is 1.56 bits per heavy atom. The van der Waals surface area contributed by atoms with Crippen molar-refractivity contribution in [2.45, 2.75) is 55.1 Å². The Hall–Kier alpha value is -3.13. The van der Waals surface area contributed by atoms with E-state index in [0.717, 1.165) is 30.3 Å². The molecule has 0 heterocycles. The molecule has 3 saturated carbocycles. The van der Waals surface area contributed by atoms with Crippen LogP contribution in [0, 0.1) is 22.6 Å². The summed E-state index contributed by atoms with van der Waals surface area (Å²) in [7, 11) is -4.31. The maximum absolute atomic E-state index is 13.4. The molecule has 3 aliphatic carbocycles. The third-order valence-corrected chi connectivity index (χ3v) is 8.20. The summed E-state index contributed by atoms with van der Waals surface area (Å²) in [4.78, 5) is 12.9. The van der Waals surface area contributed by atoms with Gasteiger partial charge in [-0.25, -0.2) is 12.8 Å². The van der Waals surface area contributed by atoms with Crippen LogP contribution in [0.25, 0.3) is 0 Å². The maximum Gasteiger partial charge on any atom is 0.416 e. The van der Waals surface area contributed by atoms with Crippen LogP contribution in [0.2, 0.25) is 0 Å². The van der Waals surface area contributed by atoms with Crippen LogP contribution in [0.15, 0.2) is 47.4 Å². The van der Waals surface area contributed by atoms with Crippen molar-refractivity contribution in [3.63, 3.8) is 0 Å². The van der Waals surface area contributed by atoms with Gasteiger partial charge in [-0.05, 0) is 81.0 Å². The van der Waals surface area contributed by atoms with E-state index in [-0.39, 0.29) is 10.6 Å². The van der Waals surface area contributed by atoms with Crippen molar-refractivity contribution in [3.8, 4) is 6.07 Å². The van der Waals surface area contributed by atoms with E-state index in [1.807, 2.05) is 0 Å². The minimum absolute atomic E-state index is 0.314. The average Bonchev–Trinajstić information content (AvgIpc) is 2.79. The van der Waals surface area contributed by atoms with Crippen molar-refractivity contribution < 1.29 is 30.8 Å². The molecule has 0 aromatic heterocycles. The number of carbonyl (C=O) groups is 1. The number of carbonyl (C=O) groups excluding carboxylic acids is 1. The van der Waals surface area contributed by atoms with Crippen molar-refractivity contribution in [1.82, 2.24) is 5.32 Å². The molecule has 0 saturated heterocycles. The zero-order chi connectivity index (χ0) is 24.8. The first-order chi connectivity index (χ1) is 15.9. The third-order valence-electron chi connectivity index (χ3n) is 6.82. The molecule has 5 rings (SSSR count). The zero-order valence-corrected chi connectivity index (χ0v) is 18.7. The third kappa shape index (κ3) is 4.59. The van der Waals surface area contributed by atoms with Crippen molar-refractivity contribution >= 4 is 21.6 Å². The largest absolute Gasteiger partial charge is 0.416 e. The molecule has 0 atom stereocenters. The van der Waals surface area contributed by atoms with Crippen LogP contribution in [-0.4, -0.2) is 19.9 Å². The van der Waals surface area contributed by atoms with Gasteiger partial charge in [0.2, 0.25) is 0 Å². The number of nitrogens with zero attached hydrogens (tertiary/aromatic N) is 1. The number of rotatable bonds is 5. The molecule has 6 nitrogen and oxygen atoms in total. The molecule has 1 amide bonds. The number of amides is 1. The number of nitriles is 1. The number of anilines is 1. The summed E-state index contributed by atoms with van der Waals surface area (Å²) in [5.74, 6) is -1.50. The molecule has 2 aromatic carbocycles. The van der Waals surface area contributed by atoms with E-state index in [9.17, 15) is 36.0 Å². The fraction of sp³-hybridized carbons (Fsp3) is 0.391. The highest BCUT2D eigenvalue weighted by Gasteiger charge is 2.49. The molecule has 0 unspecified atom stereocenters. The Morgan fingerprint density at radius 1 is 0.971 bits per heavy atom. The lowest BCUT2D eigenvalue weighted by Crippen LogP contribution is -2.56. The minimum Gasteiger partial charge on any atom is -0.347 e. The summed E-state index contributed by atoms with van der Waals surface area (Å²) in [6, 6.07) is 8.40. The van der Waals surface area contributed by atoms with Crippen molar-refractivity contribution in [1.29, 1.82) is 5.26 Å². The van der Waals surface area contributed by atoms with Crippen LogP contribution in [-0.2, 0) is 16.2 Å². The van der Waals surface area contributed by atoms with Gasteiger partial charge in [0, 0.05) is 5.54 Å². The topological polar surface area (TPSA) is 99.1 Å². The molecule has 0 radical (unpaired) electrons. The van der Waals surface area contributed by atoms with E-state index in [2.05, 4.69) is 16.1 Å². The summed E-state index contributed by atoms with van der Waals surface area (Å²) in [6.07, 6.45) is -1.46. The lowest BCUT2D eigenvalue weighted by atomic mass is 9.58. The first-order valence-corrected chi connectivity index (χ1v) is 12.1. The molecule has 0 spiro atoms. The van der Waals surface area contributed by atoms with Gasteiger partial charge in [-0.2, -0.15) is 18.4 Å². The van der Waals surface area contributed by atoms with E-state index in [1.165, 1.54) is 0 Å². The van der Waals surface area contributed by atoms with Crippen molar-refractivity contribution in [3.05, 3.63) is 59.4 Å². The lowest BCUT2D eigenvalue weighted by molar-refractivity contribution is -0.137. The van der Waals surface area contributed by atoms with Crippen LogP contribution in [0.1, 0.15) is 54.4 Å². The zero-order valence-electron chi connectivity index (χ0n) is 17.9. The van der Waals surface area contributed by atoms with Crippen LogP contribution in [0.4, 0.5) is 23.2 Å². The Balaban J connectivity index is 1.66. The summed E-state index contributed by atoms with van der Waals surface area (Å²) >= 11 is 0. The molecule has 2 bridgehead atoms. The Kier molecular flexibility index (Phi) is 5.84. The number of hydrogen-bond acceptors (Lipinski definition) is 4. The second kappa shape index (κ2) is 8.27. The van der Waals surface area contributed by atoms with Gasteiger partial charge in [0.1, 0.15) is 5.82 Å². The molecule has 180 valence electrons. The fourth-order valence-corrected chi connectivity index (χ4v) is 5.74. The van der Waals surface area contributed by atoms with Gasteiger partial charge in [0.05, 0.1) is 33.2 Å². The number of fused-ring (bicyclic) bond motifs is 3. The van der Waals surface area contributed by atoms with Gasteiger partial charge in [0.15, 0.2) is 0 Å². The van der Waals surface area contributed by atoms with Crippen molar-refractivity contribution in [2.24, 2.45) is 5.41 Å². The molecule has 11 heteroatoms. The summed E-state index contributed by atoms with van der Waals surface area (Å²) < 4.78 is 80.9. The first kappa shape index (κ1) is 24.0. The van der Waals surface area contributed by atoms with E-state index in [0.29, 0.717) is 50.7 Å². The summed E-state index contributed by atoms with van der Waals surface area (Å²) in [6.45, 7) is 0. The van der Waals surface area contributed by atoms with E-state index in [1.54, 1.807) is 0 Å². The molecule has 3 fully saturated rings. The first-order valence-electron chi connectivity index (χ1n) is 10.6. The molecule has 2 N–H and O–H groups in total. The van der Waals surface area contributed by atoms with Gasteiger partial charge in [0.25, 0.3) is 15.9 Å². The molecule has 0 aliphatic heterocycles. The smallest absolute Gasteiger partial charge is 0.347 e. The fourth-order valence-electron chi connectivity index (χ4n) is 4.66.